The van der Waals surface area contributed by atoms with Crippen LogP contribution in [0.5, 0.6) is 5.75 Å². The first-order chi connectivity index (χ1) is 14.4. The minimum Gasteiger partial charge on any atom is -0.488 e. The smallest absolute Gasteiger partial charge is 0.257 e. The van der Waals surface area contributed by atoms with Crippen LogP contribution >= 0.6 is 11.3 Å². The fraction of sp³-hybridized carbons (Fsp3) is 0.182. The van der Waals surface area contributed by atoms with Gasteiger partial charge in [0.15, 0.2) is 10.3 Å². The zero-order valence-electron chi connectivity index (χ0n) is 16.4. The van der Waals surface area contributed by atoms with Gasteiger partial charge in [0.05, 0.1) is 12.8 Å². The van der Waals surface area contributed by atoms with Crippen molar-refractivity contribution in [2.45, 2.75) is 13.0 Å². The number of hydrogen-bond acceptors (Lipinski definition) is 5. The Bertz CT molecular complexity index is 1050. The molecule has 3 rings (SSSR count). The third-order valence-corrected chi connectivity index (χ3v) is 4.69. The summed E-state index contributed by atoms with van der Waals surface area (Å²) in [6.45, 7) is 2.21. The molecule has 0 aliphatic rings. The molecular weight excluding hydrogens is 410 g/mol. The predicted molar refractivity (Wildman–Crippen MR) is 114 cm³/mol. The second-order valence-electron chi connectivity index (χ2n) is 6.45. The van der Waals surface area contributed by atoms with Crippen LogP contribution in [0, 0.1) is 10.9 Å². The average molecular weight is 430 g/mol. The van der Waals surface area contributed by atoms with Gasteiger partial charge in [-0.2, -0.15) is 4.39 Å². The van der Waals surface area contributed by atoms with E-state index in [2.05, 4.69) is 10.3 Å². The van der Waals surface area contributed by atoms with Crippen LogP contribution in [-0.4, -0.2) is 30.7 Å². The molecule has 0 aliphatic carbocycles. The Morgan fingerprint density at radius 2 is 2.03 bits per heavy atom. The number of thiazole rings is 1. The van der Waals surface area contributed by atoms with Crippen molar-refractivity contribution in [1.82, 2.24) is 4.98 Å². The summed E-state index contributed by atoms with van der Waals surface area (Å²) in [6, 6.07) is 11.3. The van der Waals surface area contributed by atoms with Crippen LogP contribution in [0.15, 0.2) is 48.7 Å². The normalized spacial score (nSPS) is 12.1. The van der Waals surface area contributed by atoms with Crippen molar-refractivity contribution in [3.63, 3.8) is 0 Å². The first-order valence-electron chi connectivity index (χ1n) is 9.10. The molecule has 1 aromatic heterocycles. The van der Waals surface area contributed by atoms with E-state index in [1.807, 2.05) is 6.92 Å². The fourth-order valence-electron chi connectivity index (χ4n) is 2.70. The quantitative estimate of drug-likeness (QED) is 0.496. The van der Waals surface area contributed by atoms with Gasteiger partial charge in [-0.15, -0.1) is 0 Å². The minimum atomic E-state index is -0.496. The SMILES string of the molecule is COC[C@H](C)Oc1cc(C=Cc2ccccc2F)cc(C(=O)Nc2ncc(F)s2)c1. The summed E-state index contributed by atoms with van der Waals surface area (Å²) < 4.78 is 38.0. The second-order valence-corrected chi connectivity index (χ2v) is 7.43. The standard InChI is InChI=1S/C22H20F2N2O3S/c1-14(13-28-2)29-18-10-15(7-8-16-5-3-4-6-19(16)23)9-17(11-18)21(27)26-22-25-12-20(24)30-22/h3-12,14H,13H2,1-2H3,(H,25,26,27)/t14-/m0/s1. The number of ether oxygens (including phenoxy) is 2. The molecular formula is C22H20F2N2O3S. The van der Waals surface area contributed by atoms with Crippen LogP contribution in [0.25, 0.3) is 12.2 Å². The van der Waals surface area contributed by atoms with E-state index in [0.717, 1.165) is 17.5 Å². The number of rotatable bonds is 8. The number of anilines is 1. The molecule has 0 aliphatic heterocycles. The van der Waals surface area contributed by atoms with E-state index in [1.165, 1.54) is 6.07 Å². The Labute approximate surface area is 177 Å². The highest BCUT2D eigenvalue weighted by atomic mass is 32.1. The number of nitrogens with zero attached hydrogens (tertiary/aromatic N) is 1. The van der Waals surface area contributed by atoms with Crippen molar-refractivity contribution in [2.75, 3.05) is 19.0 Å². The van der Waals surface area contributed by atoms with Gasteiger partial charge in [-0.05, 0) is 36.8 Å². The average Bonchev–Trinajstić information content (AvgIpc) is 3.12. The first kappa shape index (κ1) is 21.6. The van der Waals surface area contributed by atoms with Gasteiger partial charge >= 0.3 is 0 Å². The Hall–Kier alpha value is -3.10. The summed E-state index contributed by atoms with van der Waals surface area (Å²) in [6.07, 6.45) is 4.09. The van der Waals surface area contributed by atoms with Crippen LogP contribution in [0.3, 0.4) is 0 Å². The van der Waals surface area contributed by atoms with E-state index in [9.17, 15) is 13.6 Å². The van der Waals surface area contributed by atoms with Gasteiger partial charge in [0.2, 0.25) is 0 Å². The maximum absolute atomic E-state index is 13.9. The number of aromatic nitrogens is 1. The van der Waals surface area contributed by atoms with E-state index < -0.39 is 11.0 Å². The molecule has 0 fully saturated rings. The summed E-state index contributed by atoms with van der Waals surface area (Å²) in [7, 11) is 1.57. The van der Waals surface area contributed by atoms with Crippen LogP contribution in [-0.2, 0) is 4.74 Å². The summed E-state index contributed by atoms with van der Waals surface area (Å²) in [5.74, 6) is -0.362. The van der Waals surface area contributed by atoms with Gasteiger partial charge in [-0.1, -0.05) is 41.7 Å². The molecule has 1 heterocycles. The molecule has 1 atom stereocenters. The zero-order valence-corrected chi connectivity index (χ0v) is 17.2. The van der Waals surface area contributed by atoms with E-state index in [0.29, 0.717) is 29.0 Å². The van der Waals surface area contributed by atoms with Crippen LogP contribution in [0.1, 0.15) is 28.4 Å². The van der Waals surface area contributed by atoms with Gasteiger partial charge < -0.3 is 9.47 Å². The highest BCUT2D eigenvalue weighted by Gasteiger charge is 2.13. The second kappa shape index (κ2) is 10.1. The number of nitrogens with one attached hydrogen (secondary N) is 1. The number of hydrogen-bond donors (Lipinski definition) is 1. The molecule has 3 aromatic rings. The minimum absolute atomic E-state index is 0.153. The Morgan fingerprint density at radius 3 is 2.73 bits per heavy atom. The molecule has 1 amide bonds. The Kier molecular flexibility index (Phi) is 7.26. The highest BCUT2D eigenvalue weighted by molar-refractivity contribution is 7.14. The Balaban J connectivity index is 1.89. The number of amides is 1. The molecule has 2 aromatic carbocycles. The van der Waals surface area contributed by atoms with Crippen LogP contribution < -0.4 is 10.1 Å². The first-order valence-corrected chi connectivity index (χ1v) is 9.92. The predicted octanol–water partition coefficient (Wildman–Crippen LogP) is 5.26. The lowest BCUT2D eigenvalue weighted by molar-refractivity contribution is 0.0917. The topological polar surface area (TPSA) is 60.5 Å². The zero-order chi connectivity index (χ0) is 21.5. The van der Waals surface area contributed by atoms with E-state index in [1.54, 1.807) is 55.7 Å². The van der Waals surface area contributed by atoms with Crippen molar-refractivity contribution in [3.8, 4) is 5.75 Å². The third kappa shape index (κ3) is 5.95. The molecule has 156 valence electrons. The lowest BCUT2D eigenvalue weighted by Gasteiger charge is -2.15. The monoisotopic (exact) mass is 430 g/mol. The van der Waals surface area contributed by atoms with Crippen LogP contribution in [0.4, 0.5) is 13.9 Å². The van der Waals surface area contributed by atoms with Gasteiger partial charge in [-0.25, -0.2) is 9.37 Å². The molecule has 8 heteroatoms. The largest absolute Gasteiger partial charge is 0.488 e. The summed E-state index contributed by atoms with van der Waals surface area (Å²) in [4.78, 5) is 16.4. The molecule has 1 N–H and O–H groups in total. The molecule has 5 nitrogen and oxygen atoms in total. The molecule has 0 saturated heterocycles. The maximum atomic E-state index is 13.9. The summed E-state index contributed by atoms with van der Waals surface area (Å²) in [5.41, 5.74) is 1.34. The fourth-order valence-corrected chi connectivity index (χ4v) is 3.24. The lowest BCUT2D eigenvalue weighted by atomic mass is 10.1. The number of carbonyl (C=O) groups is 1. The van der Waals surface area contributed by atoms with E-state index in [-0.39, 0.29) is 17.1 Å². The molecule has 30 heavy (non-hydrogen) atoms. The van der Waals surface area contributed by atoms with Gasteiger partial charge in [0.25, 0.3) is 5.91 Å². The van der Waals surface area contributed by atoms with Gasteiger partial charge in [-0.3, -0.25) is 10.1 Å². The van der Waals surface area contributed by atoms with Crippen molar-refractivity contribution in [1.29, 1.82) is 0 Å². The number of benzene rings is 2. The van der Waals surface area contributed by atoms with E-state index in [4.69, 9.17) is 9.47 Å². The molecule has 0 spiro atoms. The van der Waals surface area contributed by atoms with E-state index >= 15 is 0 Å². The summed E-state index contributed by atoms with van der Waals surface area (Å²) in [5, 5.41) is 2.22. The van der Waals surface area contributed by atoms with Crippen molar-refractivity contribution in [3.05, 3.63) is 76.3 Å². The summed E-state index contributed by atoms with van der Waals surface area (Å²) >= 11 is 0.732. The molecule has 0 saturated carbocycles. The lowest BCUT2D eigenvalue weighted by Crippen LogP contribution is -2.18. The van der Waals surface area contributed by atoms with Gasteiger partial charge in [0.1, 0.15) is 17.7 Å². The third-order valence-electron chi connectivity index (χ3n) is 3.99. The van der Waals surface area contributed by atoms with Crippen molar-refractivity contribution >= 4 is 34.5 Å². The van der Waals surface area contributed by atoms with Crippen LogP contribution in [0.2, 0.25) is 0 Å². The van der Waals surface area contributed by atoms with Crippen molar-refractivity contribution in [2.24, 2.45) is 0 Å². The Morgan fingerprint density at radius 1 is 1.23 bits per heavy atom. The number of halogens is 2. The molecule has 0 radical (unpaired) electrons. The molecule has 0 bridgehead atoms. The number of carbonyl (C=O) groups excluding carboxylic acids is 1. The maximum Gasteiger partial charge on any atom is 0.257 e. The molecule has 0 unspecified atom stereocenters. The van der Waals surface area contributed by atoms with Gasteiger partial charge in [0, 0.05) is 18.2 Å². The highest BCUT2D eigenvalue weighted by Crippen LogP contribution is 2.23. The van der Waals surface area contributed by atoms with Crippen molar-refractivity contribution < 1.29 is 23.0 Å². The number of methoxy groups -OCH3 is 1.